The normalized spacial score (nSPS) is 11.0. The molecule has 21 heavy (non-hydrogen) atoms. The Morgan fingerprint density at radius 2 is 1.81 bits per heavy atom. The van der Waals surface area contributed by atoms with E-state index in [-0.39, 0.29) is 11.6 Å². The van der Waals surface area contributed by atoms with Crippen LogP contribution in [0.3, 0.4) is 0 Å². The molecule has 7 nitrogen and oxygen atoms in total. The van der Waals surface area contributed by atoms with Gasteiger partial charge in [-0.05, 0) is 36.4 Å². The third-order valence-electron chi connectivity index (χ3n) is 2.67. The van der Waals surface area contributed by atoms with E-state index in [0.29, 0.717) is 5.69 Å². The lowest BCUT2D eigenvalue weighted by Crippen LogP contribution is -2.21. The third kappa shape index (κ3) is 3.93. The molecule has 2 rings (SSSR count). The molecule has 0 heterocycles. The number of ether oxygens (including phenoxy) is 1. The fourth-order valence-corrected chi connectivity index (χ4v) is 1.64. The summed E-state index contributed by atoms with van der Waals surface area (Å²) in [6.07, 6.45) is 0. The molecule has 0 spiro atoms. The number of nitrogens with two attached hydrogens (primary N) is 1. The molecule has 0 atom stereocenters. The zero-order chi connectivity index (χ0) is 15.2. The van der Waals surface area contributed by atoms with Crippen LogP contribution in [0.15, 0.2) is 53.5 Å². The molecule has 0 unspecified atom stereocenters. The first-order valence-corrected chi connectivity index (χ1v) is 6.08. The smallest absolute Gasteiger partial charge is 0.269 e. The van der Waals surface area contributed by atoms with Crippen molar-refractivity contribution >= 4 is 23.0 Å². The van der Waals surface area contributed by atoms with Crippen molar-refractivity contribution in [1.82, 2.24) is 0 Å². The van der Waals surface area contributed by atoms with Crippen LogP contribution in [0.25, 0.3) is 0 Å². The van der Waals surface area contributed by atoms with Gasteiger partial charge in [0.25, 0.3) is 5.69 Å². The van der Waals surface area contributed by atoms with Crippen LogP contribution < -0.4 is 15.8 Å². The van der Waals surface area contributed by atoms with Gasteiger partial charge in [0.1, 0.15) is 5.75 Å². The first-order chi connectivity index (χ1) is 10.1. The highest BCUT2D eigenvalue weighted by Gasteiger charge is 2.03. The van der Waals surface area contributed by atoms with E-state index in [2.05, 4.69) is 10.3 Å². The van der Waals surface area contributed by atoms with E-state index in [1.807, 2.05) is 0 Å². The standard InChI is InChI=1S/C14H14N4O3/c1-21-13-8-4-11(5-9-13)17-14(15)16-10-2-6-12(7-3-10)18(19)20/h2-9H,1H3,(H3,15,16,17). The fourth-order valence-electron chi connectivity index (χ4n) is 1.64. The number of rotatable bonds is 4. The largest absolute Gasteiger partial charge is 0.497 e. The zero-order valence-electron chi connectivity index (χ0n) is 11.3. The number of nitro groups is 1. The third-order valence-corrected chi connectivity index (χ3v) is 2.67. The van der Waals surface area contributed by atoms with Gasteiger partial charge in [0.05, 0.1) is 17.7 Å². The molecule has 0 amide bonds. The van der Waals surface area contributed by atoms with Gasteiger partial charge < -0.3 is 15.8 Å². The van der Waals surface area contributed by atoms with Crippen molar-refractivity contribution in [3.63, 3.8) is 0 Å². The van der Waals surface area contributed by atoms with E-state index < -0.39 is 4.92 Å². The minimum absolute atomic E-state index is 0.00985. The summed E-state index contributed by atoms with van der Waals surface area (Å²) in [7, 11) is 1.59. The Hall–Kier alpha value is -3.09. The number of nitrogens with zero attached hydrogens (tertiary/aromatic N) is 2. The minimum atomic E-state index is -0.466. The van der Waals surface area contributed by atoms with Crippen LogP contribution in [0.5, 0.6) is 5.75 Å². The number of nitro benzene ring substituents is 1. The van der Waals surface area contributed by atoms with Crippen LogP contribution >= 0.6 is 0 Å². The van der Waals surface area contributed by atoms with E-state index in [1.165, 1.54) is 24.3 Å². The molecule has 0 aromatic heterocycles. The average Bonchev–Trinajstić information content (AvgIpc) is 2.48. The molecule has 0 fully saturated rings. The molecule has 0 saturated carbocycles. The summed E-state index contributed by atoms with van der Waals surface area (Å²) in [6, 6.07) is 13.0. The minimum Gasteiger partial charge on any atom is -0.497 e. The number of aliphatic imine (C=N–C) groups is 1. The first-order valence-electron chi connectivity index (χ1n) is 6.08. The second-order valence-corrected chi connectivity index (χ2v) is 4.12. The van der Waals surface area contributed by atoms with Gasteiger partial charge in [-0.3, -0.25) is 10.1 Å². The summed E-state index contributed by atoms with van der Waals surface area (Å²) in [4.78, 5) is 14.2. The van der Waals surface area contributed by atoms with Gasteiger partial charge in [0.2, 0.25) is 0 Å². The monoisotopic (exact) mass is 286 g/mol. The molecular weight excluding hydrogens is 272 g/mol. The van der Waals surface area contributed by atoms with Crippen molar-refractivity contribution in [2.45, 2.75) is 0 Å². The van der Waals surface area contributed by atoms with Gasteiger partial charge in [-0.15, -0.1) is 0 Å². The van der Waals surface area contributed by atoms with Crippen LogP contribution in [0.1, 0.15) is 0 Å². The highest BCUT2D eigenvalue weighted by molar-refractivity contribution is 5.94. The van der Waals surface area contributed by atoms with E-state index in [0.717, 1.165) is 11.4 Å². The second-order valence-electron chi connectivity index (χ2n) is 4.12. The van der Waals surface area contributed by atoms with Crippen molar-refractivity contribution in [3.8, 4) is 5.75 Å². The average molecular weight is 286 g/mol. The van der Waals surface area contributed by atoms with Crippen molar-refractivity contribution < 1.29 is 9.66 Å². The Kier molecular flexibility index (Phi) is 4.35. The van der Waals surface area contributed by atoms with E-state index >= 15 is 0 Å². The van der Waals surface area contributed by atoms with Gasteiger partial charge >= 0.3 is 0 Å². The molecule has 108 valence electrons. The summed E-state index contributed by atoms with van der Waals surface area (Å²) in [5.41, 5.74) is 7.08. The van der Waals surface area contributed by atoms with Gasteiger partial charge in [0, 0.05) is 17.8 Å². The number of non-ortho nitro benzene ring substituents is 1. The maximum Gasteiger partial charge on any atom is 0.269 e. The molecule has 3 N–H and O–H groups in total. The molecule has 0 aliphatic carbocycles. The molecule has 0 radical (unpaired) electrons. The fraction of sp³-hybridized carbons (Fsp3) is 0.0714. The zero-order valence-corrected chi connectivity index (χ0v) is 11.3. The lowest BCUT2D eigenvalue weighted by molar-refractivity contribution is -0.384. The Balaban J connectivity index is 2.07. The van der Waals surface area contributed by atoms with E-state index in [1.54, 1.807) is 31.4 Å². The molecule has 2 aromatic rings. The van der Waals surface area contributed by atoms with Gasteiger partial charge in [0.15, 0.2) is 5.96 Å². The Morgan fingerprint density at radius 3 is 2.33 bits per heavy atom. The topological polar surface area (TPSA) is 103 Å². The lowest BCUT2D eigenvalue weighted by atomic mass is 10.3. The Labute approximate surface area is 121 Å². The quantitative estimate of drug-likeness (QED) is 0.389. The van der Waals surface area contributed by atoms with Gasteiger partial charge in [-0.25, -0.2) is 4.99 Å². The molecule has 2 aromatic carbocycles. The summed E-state index contributed by atoms with van der Waals surface area (Å²) in [5.74, 6) is 0.931. The van der Waals surface area contributed by atoms with Crippen LogP contribution in [-0.2, 0) is 0 Å². The van der Waals surface area contributed by atoms with Crippen LogP contribution in [0.4, 0.5) is 17.1 Å². The summed E-state index contributed by atoms with van der Waals surface area (Å²) in [5, 5.41) is 13.5. The van der Waals surface area contributed by atoms with Crippen molar-refractivity contribution in [1.29, 1.82) is 0 Å². The summed E-state index contributed by atoms with van der Waals surface area (Å²) < 4.78 is 5.06. The Morgan fingerprint density at radius 1 is 1.19 bits per heavy atom. The van der Waals surface area contributed by atoms with Crippen LogP contribution in [0, 0.1) is 10.1 Å². The van der Waals surface area contributed by atoms with E-state index in [9.17, 15) is 10.1 Å². The maximum atomic E-state index is 10.6. The number of hydrogen-bond acceptors (Lipinski definition) is 4. The van der Waals surface area contributed by atoms with Crippen molar-refractivity contribution in [3.05, 3.63) is 58.6 Å². The second kappa shape index (κ2) is 6.38. The summed E-state index contributed by atoms with van der Waals surface area (Å²) in [6.45, 7) is 0. The first kappa shape index (κ1) is 14.3. The predicted molar refractivity (Wildman–Crippen MR) is 81.0 cm³/mol. The number of nitrogens with one attached hydrogen (secondary N) is 1. The van der Waals surface area contributed by atoms with Crippen LogP contribution in [0.2, 0.25) is 0 Å². The molecular formula is C14H14N4O3. The number of guanidine groups is 1. The highest BCUT2D eigenvalue weighted by atomic mass is 16.6. The van der Waals surface area contributed by atoms with Crippen molar-refractivity contribution in [2.24, 2.45) is 10.7 Å². The number of methoxy groups -OCH3 is 1. The Bertz CT molecular complexity index is 651. The highest BCUT2D eigenvalue weighted by Crippen LogP contribution is 2.18. The molecule has 0 aliphatic rings. The van der Waals surface area contributed by atoms with E-state index in [4.69, 9.17) is 10.5 Å². The SMILES string of the molecule is COc1ccc(NC(N)=Nc2ccc([N+](=O)[O-])cc2)cc1. The lowest BCUT2D eigenvalue weighted by Gasteiger charge is -2.06. The molecule has 0 aliphatic heterocycles. The van der Waals surface area contributed by atoms with Gasteiger partial charge in [-0.2, -0.15) is 0 Å². The molecule has 7 heteroatoms. The summed E-state index contributed by atoms with van der Waals surface area (Å²) >= 11 is 0. The molecule has 0 saturated heterocycles. The molecule has 0 bridgehead atoms. The maximum absolute atomic E-state index is 10.6. The van der Waals surface area contributed by atoms with Crippen molar-refractivity contribution in [2.75, 3.05) is 12.4 Å². The number of anilines is 1. The number of hydrogen-bond donors (Lipinski definition) is 2. The number of benzene rings is 2. The van der Waals surface area contributed by atoms with Crippen LogP contribution in [-0.4, -0.2) is 18.0 Å². The predicted octanol–water partition coefficient (Wildman–Crippen LogP) is 2.66. The van der Waals surface area contributed by atoms with Gasteiger partial charge in [-0.1, -0.05) is 0 Å².